The van der Waals surface area contributed by atoms with Crippen molar-refractivity contribution in [3.8, 4) is 16.2 Å². The van der Waals surface area contributed by atoms with E-state index in [1.807, 2.05) is 22.7 Å². The summed E-state index contributed by atoms with van der Waals surface area (Å²) in [5.41, 5.74) is 1.31. The average molecular weight is 497 g/mol. The van der Waals surface area contributed by atoms with Gasteiger partial charge >= 0.3 is 0 Å². The van der Waals surface area contributed by atoms with Gasteiger partial charge in [0.15, 0.2) is 0 Å². The third kappa shape index (κ3) is 7.59. The molecule has 1 nitrogen and oxygen atoms in total. The van der Waals surface area contributed by atoms with Gasteiger partial charge in [-0.2, -0.15) is 0 Å². The quantitative estimate of drug-likeness (QED) is 0.202. The van der Waals surface area contributed by atoms with E-state index in [4.69, 9.17) is 4.74 Å². The van der Waals surface area contributed by atoms with Crippen LogP contribution in [0.1, 0.15) is 102 Å². The summed E-state index contributed by atoms with van der Waals surface area (Å²) in [6.45, 7) is 5.32. The van der Waals surface area contributed by atoms with Crippen molar-refractivity contribution in [1.29, 1.82) is 0 Å². The normalized spacial score (nSPS) is 18.5. The highest BCUT2D eigenvalue weighted by Gasteiger charge is 2.21. The molecule has 0 unspecified atom stereocenters. The van der Waals surface area contributed by atoms with Gasteiger partial charge in [-0.05, 0) is 73.1 Å². The van der Waals surface area contributed by atoms with Crippen LogP contribution in [0.2, 0.25) is 0 Å². The van der Waals surface area contributed by atoms with Crippen LogP contribution in [-0.4, -0.2) is 6.61 Å². The summed E-state index contributed by atoms with van der Waals surface area (Å²) in [6, 6.07) is 13.5. The van der Waals surface area contributed by atoms with Crippen molar-refractivity contribution in [3.63, 3.8) is 0 Å². The topological polar surface area (TPSA) is 9.23 Å². The number of benzene rings is 1. The van der Waals surface area contributed by atoms with Gasteiger partial charge < -0.3 is 4.74 Å². The van der Waals surface area contributed by atoms with Crippen molar-refractivity contribution in [2.45, 2.75) is 104 Å². The van der Waals surface area contributed by atoms with Gasteiger partial charge in [-0.15, -0.1) is 22.7 Å². The van der Waals surface area contributed by atoms with Gasteiger partial charge in [0, 0.05) is 19.2 Å². The molecule has 0 radical (unpaired) electrons. The molecule has 0 atom stereocenters. The number of fused-ring (bicyclic) bond motifs is 1. The van der Waals surface area contributed by atoms with E-state index in [2.05, 4.69) is 50.2 Å². The molecule has 1 aliphatic carbocycles. The minimum Gasteiger partial charge on any atom is -0.494 e. The standard InChI is InChI=1S/C31H44OS2/c1-3-5-7-8-9-10-24-11-13-25(14-12-24)15-20-28-22-30-31(33-28)23-29(34-30)26-16-18-27(19-17-26)32-21-6-4-2/h16-19,22-25H,3-15,20-21H2,1-2H3/t24-,25-. The molecule has 0 aliphatic heterocycles. The molecule has 1 saturated carbocycles. The Balaban J connectivity index is 1.20. The van der Waals surface area contributed by atoms with Crippen molar-refractivity contribution in [2.24, 2.45) is 11.8 Å². The van der Waals surface area contributed by atoms with Crippen LogP contribution in [0.5, 0.6) is 5.75 Å². The molecule has 186 valence electrons. The Morgan fingerprint density at radius 1 is 0.735 bits per heavy atom. The smallest absolute Gasteiger partial charge is 0.119 e. The van der Waals surface area contributed by atoms with E-state index in [0.29, 0.717) is 0 Å². The molecule has 0 saturated heterocycles. The Labute approximate surface area is 215 Å². The predicted molar refractivity (Wildman–Crippen MR) is 153 cm³/mol. The zero-order valence-corrected chi connectivity index (χ0v) is 23.1. The summed E-state index contributed by atoms with van der Waals surface area (Å²) in [4.78, 5) is 2.96. The fourth-order valence-electron chi connectivity index (χ4n) is 5.39. The highest BCUT2D eigenvalue weighted by Crippen LogP contribution is 2.40. The Kier molecular flexibility index (Phi) is 10.4. The highest BCUT2D eigenvalue weighted by molar-refractivity contribution is 7.29. The van der Waals surface area contributed by atoms with E-state index in [-0.39, 0.29) is 0 Å². The lowest BCUT2D eigenvalue weighted by atomic mass is 9.78. The van der Waals surface area contributed by atoms with Crippen molar-refractivity contribution in [2.75, 3.05) is 6.61 Å². The van der Waals surface area contributed by atoms with Gasteiger partial charge in [0.25, 0.3) is 0 Å². The van der Waals surface area contributed by atoms with Crippen LogP contribution in [0.15, 0.2) is 36.4 Å². The van der Waals surface area contributed by atoms with E-state index in [9.17, 15) is 0 Å². The van der Waals surface area contributed by atoms with Crippen molar-refractivity contribution in [3.05, 3.63) is 41.3 Å². The number of aryl methyl sites for hydroxylation is 1. The number of hydrogen-bond acceptors (Lipinski definition) is 3. The molecule has 2 aromatic heterocycles. The van der Waals surface area contributed by atoms with Gasteiger partial charge in [0.05, 0.1) is 6.61 Å². The van der Waals surface area contributed by atoms with Gasteiger partial charge in [-0.3, -0.25) is 0 Å². The summed E-state index contributed by atoms with van der Waals surface area (Å²) >= 11 is 3.96. The van der Waals surface area contributed by atoms with Gasteiger partial charge in [0.1, 0.15) is 5.75 Å². The molecular weight excluding hydrogens is 452 g/mol. The first kappa shape index (κ1) is 25.8. The third-order valence-electron chi connectivity index (χ3n) is 7.64. The predicted octanol–water partition coefficient (Wildman–Crippen LogP) is 10.9. The molecule has 2 heterocycles. The van der Waals surface area contributed by atoms with E-state index < -0.39 is 0 Å². The molecule has 0 bridgehead atoms. The molecule has 0 amide bonds. The van der Waals surface area contributed by atoms with Crippen LogP contribution in [0.4, 0.5) is 0 Å². The first-order valence-corrected chi connectivity index (χ1v) is 15.6. The van der Waals surface area contributed by atoms with Crippen LogP contribution in [0.3, 0.4) is 0 Å². The second-order valence-corrected chi connectivity index (χ2v) is 12.7. The number of thiophene rings is 2. The van der Waals surface area contributed by atoms with E-state index in [0.717, 1.165) is 30.6 Å². The SMILES string of the molecule is CCCCCCC[C@H]1CC[C@H](CCc2cc3sc(-c4ccc(OCCCC)cc4)cc3s2)CC1. The highest BCUT2D eigenvalue weighted by atomic mass is 32.1. The lowest BCUT2D eigenvalue weighted by molar-refractivity contribution is 0.249. The second-order valence-electron chi connectivity index (χ2n) is 10.4. The number of hydrogen-bond donors (Lipinski definition) is 0. The molecule has 3 heteroatoms. The Hall–Kier alpha value is -1.32. The lowest BCUT2D eigenvalue weighted by Gasteiger charge is -2.28. The van der Waals surface area contributed by atoms with Crippen LogP contribution in [0.25, 0.3) is 19.8 Å². The summed E-state index contributed by atoms with van der Waals surface area (Å²) in [5, 5.41) is 0. The van der Waals surface area contributed by atoms with Crippen LogP contribution in [0, 0.1) is 11.8 Å². The average Bonchev–Trinajstić information content (AvgIpc) is 3.43. The van der Waals surface area contributed by atoms with E-state index >= 15 is 0 Å². The van der Waals surface area contributed by atoms with Crippen LogP contribution in [-0.2, 0) is 6.42 Å². The van der Waals surface area contributed by atoms with Crippen molar-refractivity contribution >= 4 is 32.1 Å². The fourth-order valence-corrected chi connectivity index (χ4v) is 7.84. The number of rotatable bonds is 14. The number of unbranched alkanes of at least 4 members (excludes halogenated alkanes) is 5. The maximum absolute atomic E-state index is 5.82. The van der Waals surface area contributed by atoms with Crippen LogP contribution >= 0.6 is 22.7 Å². The molecular formula is C31H44OS2. The molecule has 0 spiro atoms. The molecule has 0 N–H and O–H groups in total. The van der Waals surface area contributed by atoms with Gasteiger partial charge in [-0.25, -0.2) is 0 Å². The Morgan fingerprint density at radius 3 is 2.12 bits per heavy atom. The summed E-state index contributed by atoms with van der Waals surface area (Å²) < 4.78 is 8.74. The first-order chi connectivity index (χ1) is 16.7. The summed E-state index contributed by atoms with van der Waals surface area (Å²) in [5.74, 6) is 2.98. The largest absolute Gasteiger partial charge is 0.494 e. The van der Waals surface area contributed by atoms with E-state index in [1.165, 1.54) is 103 Å². The third-order valence-corrected chi connectivity index (χ3v) is 10.0. The number of ether oxygens (including phenoxy) is 1. The maximum Gasteiger partial charge on any atom is 0.119 e. The lowest BCUT2D eigenvalue weighted by Crippen LogP contribution is -2.15. The zero-order valence-electron chi connectivity index (χ0n) is 21.5. The van der Waals surface area contributed by atoms with Gasteiger partial charge in [-0.1, -0.05) is 84.5 Å². The second kappa shape index (κ2) is 13.7. The zero-order chi connectivity index (χ0) is 23.6. The molecule has 1 fully saturated rings. The Bertz CT molecular complexity index is 928. The van der Waals surface area contributed by atoms with Crippen LogP contribution < -0.4 is 4.74 Å². The van der Waals surface area contributed by atoms with E-state index in [1.54, 1.807) is 4.88 Å². The molecule has 1 aromatic carbocycles. The van der Waals surface area contributed by atoms with Gasteiger partial charge in [0.2, 0.25) is 0 Å². The summed E-state index contributed by atoms with van der Waals surface area (Å²) in [6.07, 6.45) is 19.5. The first-order valence-electron chi connectivity index (χ1n) is 14.0. The maximum atomic E-state index is 5.82. The molecule has 1 aliphatic rings. The Morgan fingerprint density at radius 2 is 1.41 bits per heavy atom. The molecule has 3 aromatic rings. The minimum atomic E-state index is 0.813. The summed E-state index contributed by atoms with van der Waals surface area (Å²) in [7, 11) is 0. The molecule has 4 rings (SSSR count). The molecule has 34 heavy (non-hydrogen) atoms. The monoisotopic (exact) mass is 496 g/mol. The van der Waals surface area contributed by atoms with Crippen molar-refractivity contribution in [1.82, 2.24) is 0 Å². The van der Waals surface area contributed by atoms with Crippen molar-refractivity contribution < 1.29 is 4.74 Å². The fraction of sp³-hybridized carbons (Fsp3) is 0.613. The minimum absolute atomic E-state index is 0.813.